The average Bonchev–Trinajstić information content (AvgIpc) is 2.33. The van der Waals surface area contributed by atoms with Crippen molar-refractivity contribution in [1.82, 2.24) is 0 Å². The Labute approximate surface area is 109 Å². The van der Waals surface area contributed by atoms with Crippen LogP contribution in [0.3, 0.4) is 0 Å². The quantitative estimate of drug-likeness (QED) is 0.815. The van der Waals surface area contributed by atoms with Crippen LogP contribution in [0.2, 0.25) is 0 Å². The molecule has 3 N–H and O–H groups in total. The van der Waals surface area contributed by atoms with E-state index in [1.807, 2.05) is 18.2 Å². The van der Waals surface area contributed by atoms with E-state index in [2.05, 4.69) is 27.8 Å². The second-order valence-electron chi connectivity index (χ2n) is 4.34. The third-order valence-corrected chi connectivity index (χ3v) is 3.50. The molecule has 0 aromatic heterocycles. The zero-order chi connectivity index (χ0) is 12.4. The summed E-state index contributed by atoms with van der Waals surface area (Å²) in [6.45, 7) is 3.40. The van der Waals surface area contributed by atoms with Crippen LogP contribution in [0, 0.1) is 0 Å². The lowest BCUT2D eigenvalue weighted by atomic mass is 10.1. The molecule has 2 unspecified atom stereocenters. The molecule has 0 bridgehead atoms. The first-order valence-corrected chi connectivity index (χ1v) is 6.45. The lowest BCUT2D eigenvalue weighted by molar-refractivity contribution is -0.0102. The Balaban J connectivity index is 2.27. The average molecular weight is 301 g/mol. The summed E-state index contributed by atoms with van der Waals surface area (Å²) < 4.78 is 6.52. The van der Waals surface area contributed by atoms with Gasteiger partial charge in [-0.15, -0.1) is 0 Å². The number of rotatable bonds is 2. The van der Waals surface area contributed by atoms with Crippen molar-refractivity contribution in [1.29, 1.82) is 0 Å². The van der Waals surface area contributed by atoms with Crippen molar-refractivity contribution in [2.75, 3.05) is 30.4 Å². The van der Waals surface area contributed by atoms with Crippen molar-refractivity contribution in [3.8, 4) is 0 Å². The molecular weight excluding hydrogens is 284 g/mol. The molecule has 0 radical (unpaired) electrons. The summed E-state index contributed by atoms with van der Waals surface area (Å²) in [6.07, 6.45) is -0.135. The van der Waals surface area contributed by atoms with Gasteiger partial charge in [0.2, 0.25) is 0 Å². The first-order chi connectivity index (χ1) is 8.11. The topological polar surface area (TPSA) is 58.7 Å². The smallest absolute Gasteiger partial charge is 0.0981 e. The molecule has 1 aromatic carbocycles. The third kappa shape index (κ3) is 2.73. The SMILES string of the molecule is CC1COC(CO)CN1c1cc(Br)ccc1N. The van der Waals surface area contributed by atoms with Gasteiger partial charge in [0.05, 0.1) is 30.7 Å². The minimum Gasteiger partial charge on any atom is -0.397 e. The number of benzene rings is 1. The van der Waals surface area contributed by atoms with Crippen LogP contribution in [0.5, 0.6) is 0 Å². The highest BCUT2D eigenvalue weighted by molar-refractivity contribution is 9.10. The molecule has 4 nitrogen and oxygen atoms in total. The molecule has 94 valence electrons. The summed E-state index contributed by atoms with van der Waals surface area (Å²) in [7, 11) is 0. The lowest BCUT2D eigenvalue weighted by Crippen LogP contribution is -2.49. The Morgan fingerprint density at radius 3 is 3.06 bits per heavy atom. The number of aliphatic hydroxyl groups is 1. The molecule has 2 rings (SSSR count). The van der Waals surface area contributed by atoms with E-state index in [9.17, 15) is 5.11 Å². The highest BCUT2D eigenvalue weighted by Crippen LogP contribution is 2.30. The van der Waals surface area contributed by atoms with Crippen molar-refractivity contribution < 1.29 is 9.84 Å². The molecule has 5 heteroatoms. The predicted molar refractivity (Wildman–Crippen MR) is 72.2 cm³/mol. The van der Waals surface area contributed by atoms with Gasteiger partial charge in [0.25, 0.3) is 0 Å². The van der Waals surface area contributed by atoms with E-state index >= 15 is 0 Å². The molecule has 1 saturated heterocycles. The van der Waals surface area contributed by atoms with Gasteiger partial charge in [-0.1, -0.05) is 15.9 Å². The van der Waals surface area contributed by atoms with Crippen molar-refractivity contribution >= 4 is 27.3 Å². The Kier molecular flexibility index (Phi) is 3.91. The number of morpholine rings is 1. The van der Waals surface area contributed by atoms with Crippen LogP contribution in [-0.2, 0) is 4.74 Å². The van der Waals surface area contributed by atoms with Crippen LogP contribution in [-0.4, -0.2) is 37.0 Å². The molecule has 2 atom stereocenters. The summed E-state index contributed by atoms with van der Waals surface area (Å²) >= 11 is 3.45. The zero-order valence-corrected chi connectivity index (χ0v) is 11.4. The Morgan fingerprint density at radius 1 is 1.59 bits per heavy atom. The van der Waals surface area contributed by atoms with Crippen molar-refractivity contribution in [3.05, 3.63) is 22.7 Å². The van der Waals surface area contributed by atoms with E-state index in [0.717, 1.165) is 15.8 Å². The number of nitrogens with two attached hydrogens (primary N) is 1. The van der Waals surface area contributed by atoms with E-state index in [1.165, 1.54) is 0 Å². The number of aliphatic hydroxyl groups excluding tert-OH is 1. The van der Waals surface area contributed by atoms with Crippen LogP contribution in [0.4, 0.5) is 11.4 Å². The van der Waals surface area contributed by atoms with Gasteiger partial charge < -0.3 is 20.5 Å². The van der Waals surface area contributed by atoms with Crippen LogP contribution in [0.1, 0.15) is 6.92 Å². The number of hydrogen-bond acceptors (Lipinski definition) is 4. The molecule has 1 aliphatic rings. The largest absolute Gasteiger partial charge is 0.397 e. The van der Waals surface area contributed by atoms with Gasteiger partial charge in [-0.25, -0.2) is 0 Å². The molecule has 1 heterocycles. The third-order valence-electron chi connectivity index (χ3n) is 3.01. The van der Waals surface area contributed by atoms with Crippen molar-refractivity contribution in [2.45, 2.75) is 19.1 Å². The molecular formula is C12H17BrN2O2. The maximum atomic E-state index is 9.17. The summed E-state index contributed by atoms with van der Waals surface area (Å²) in [6, 6.07) is 6.07. The maximum Gasteiger partial charge on any atom is 0.0981 e. The molecule has 0 spiro atoms. The van der Waals surface area contributed by atoms with Gasteiger partial charge in [-0.2, -0.15) is 0 Å². The number of ether oxygens (including phenoxy) is 1. The highest BCUT2D eigenvalue weighted by atomic mass is 79.9. The highest BCUT2D eigenvalue weighted by Gasteiger charge is 2.26. The van der Waals surface area contributed by atoms with Gasteiger partial charge in [0.15, 0.2) is 0 Å². The molecule has 17 heavy (non-hydrogen) atoms. The fourth-order valence-electron chi connectivity index (χ4n) is 2.03. The van der Waals surface area contributed by atoms with Crippen molar-refractivity contribution in [3.63, 3.8) is 0 Å². The van der Waals surface area contributed by atoms with E-state index in [1.54, 1.807) is 0 Å². The minimum absolute atomic E-state index is 0.0388. The van der Waals surface area contributed by atoms with E-state index < -0.39 is 0 Å². The predicted octanol–water partition coefficient (Wildman–Crippen LogP) is 1.62. The fourth-order valence-corrected chi connectivity index (χ4v) is 2.38. The molecule has 0 amide bonds. The summed E-state index contributed by atoms with van der Waals surface area (Å²) in [5.41, 5.74) is 7.75. The van der Waals surface area contributed by atoms with Gasteiger partial charge in [0.1, 0.15) is 0 Å². The van der Waals surface area contributed by atoms with Gasteiger partial charge in [0, 0.05) is 17.1 Å². The normalized spacial score (nSPS) is 25.0. The van der Waals surface area contributed by atoms with Crippen molar-refractivity contribution in [2.24, 2.45) is 0 Å². The Hall–Kier alpha value is -0.780. The zero-order valence-electron chi connectivity index (χ0n) is 9.77. The van der Waals surface area contributed by atoms with Crippen LogP contribution < -0.4 is 10.6 Å². The Bertz CT molecular complexity index is 400. The Morgan fingerprint density at radius 2 is 2.35 bits per heavy atom. The maximum absolute atomic E-state index is 9.17. The molecule has 1 aromatic rings. The molecule has 0 saturated carbocycles. The second-order valence-corrected chi connectivity index (χ2v) is 5.26. The first kappa shape index (κ1) is 12.7. The number of nitrogen functional groups attached to an aromatic ring is 1. The number of anilines is 2. The van der Waals surface area contributed by atoms with Gasteiger partial charge in [-0.05, 0) is 25.1 Å². The minimum atomic E-state index is -0.135. The number of nitrogens with zero attached hydrogens (tertiary/aromatic N) is 1. The molecule has 1 fully saturated rings. The summed E-state index contributed by atoms with van der Waals surface area (Å²) in [5.74, 6) is 0. The number of hydrogen-bond donors (Lipinski definition) is 2. The van der Waals surface area contributed by atoms with E-state index in [-0.39, 0.29) is 18.8 Å². The monoisotopic (exact) mass is 300 g/mol. The van der Waals surface area contributed by atoms with Crippen LogP contribution in [0.25, 0.3) is 0 Å². The summed E-state index contributed by atoms with van der Waals surface area (Å²) in [5, 5.41) is 9.17. The van der Waals surface area contributed by atoms with Crippen LogP contribution >= 0.6 is 15.9 Å². The first-order valence-electron chi connectivity index (χ1n) is 5.66. The van der Waals surface area contributed by atoms with Crippen LogP contribution in [0.15, 0.2) is 22.7 Å². The lowest BCUT2D eigenvalue weighted by Gasteiger charge is -2.39. The van der Waals surface area contributed by atoms with E-state index in [4.69, 9.17) is 10.5 Å². The standard InChI is InChI=1S/C12H17BrN2O2/c1-8-7-17-10(6-16)5-15(8)12-4-9(13)2-3-11(12)14/h2-4,8,10,16H,5-7,14H2,1H3. The summed E-state index contributed by atoms with van der Waals surface area (Å²) in [4.78, 5) is 2.18. The second kappa shape index (κ2) is 5.25. The molecule has 0 aliphatic carbocycles. The van der Waals surface area contributed by atoms with Gasteiger partial charge >= 0.3 is 0 Å². The molecule has 1 aliphatic heterocycles. The fraction of sp³-hybridized carbons (Fsp3) is 0.500. The number of halogens is 1. The van der Waals surface area contributed by atoms with E-state index in [0.29, 0.717) is 13.2 Å². The van der Waals surface area contributed by atoms with Gasteiger partial charge in [-0.3, -0.25) is 0 Å².